The van der Waals surface area contributed by atoms with Gasteiger partial charge in [0.05, 0.1) is 0 Å². The predicted molar refractivity (Wildman–Crippen MR) is 142 cm³/mol. The minimum atomic E-state index is 0.304. The number of hydrogen-bond acceptors (Lipinski definition) is 0. The van der Waals surface area contributed by atoms with E-state index in [4.69, 9.17) is 0 Å². The third kappa shape index (κ3) is 3.93. The molecule has 166 valence electrons. The third-order valence-electron chi connectivity index (χ3n) is 7.57. The highest BCUT2D eigenvalue weighted by Gasteiger charge is 2.40. The molecule has 2 aromatic rings. The third-order valence-corrected chi connectivity index (χ3v) is 7.57. The fraction of sp³-hybridized carbons (Fsp3) is 0.273. The molecule has 3 aliphatic carbocycles. The van der Waals surface area contributed by atoms with E-state index in [9.17, 15) is 0 Å². The zero-order chi connectivity index (χ0) is 23.1. The Hall–Kier alpha value is -3.12. The van der Waals surface area contributed by atoms with Crippen molar-refractivity contribution in [1.82, 2.24) is 0 Å². The van der Waals surface area contributed by atoms with Crippen LogP contribution in [0.4, 0.5) is 0 Å². The summed E-state index contributed by atoms with van der Waals surface area (Å²) in [7, 11) is 0. The molecule has 1 saturated carbocycles. The first-order valence-electron chi connectivity index (χ1n) is 12.3. The first-order valence-corrected chi connectivity index (χ1v) is 12.3. The van der Waals surface area contributed by atoms with Gasteiger partial charge in [-0.05, 0) is 77.7 Å². The van der Waals surface area contributed by atoms with Crippen LogP contribution in [0.1, 0.15) is 61.3 Å². The Bertz CT molecular complexity index is 1250. The summed E-state index contributed by atoms with van der Waals surface area (Å²) in [5.74, 6) is 0.633. The van der Waals surface area contributed by atoms with Gasteiger partial charge in [-0.1, -0.05) is 110 Å². The van der Waals surface area contributed by atoms with Gasteiger partial charge in [-0.25, -0.2) is 0 Å². The molecule has 0 amide bonds. The van der Waals surface area contributed by atoms with Crippen molar-refractivity contribution in [1.29, 1.82) is 0 Å². The summed E-state index contributed by atoms with van der Waals surface area (Å²) < 4.78 is 0. The molecule has 2 unspecified atom stereocenters. The van der Waals surface area contributed by atoms with E-state index in [2.05, 4.69) is 101 Å². The van der Waals surface area contributed by atoms with Gasteiger partial charge in [-0.3, -0.25) is 0 Å². The lowest BCUT2D eigenvalue weighted by molar-refractivity contribution is 0.619. The first-order chi connectivity index (χ1) is 16.0. The van der Waals surface area contributed by atoms with Crippen LogP contribution in [0.3, 0.4) is 0 Å². The molecule has 0 aromatic heterocycles. The van der Waals surface area contributed by atoms with Crippen molar-refractivity contribution in [2.45, 2.75) is 52.4 Å². The standard InChI is InChI=1S/C33H34/c1-6-9-22(3)31-23(4)16-30-20-29(19-25-17-27-10-7-8-11-28(27)18-25)24(5)32(30)33(31)26-14-12-21(2)13-15-26/h7-8,10-17,19,32-33H,3,5-6,9,18,20H2,1-2,4H3/b29-19-. The van der Waals surface area contributed by atoms with E-state index in [1.54, 1.807) is 0 Å². The Morgan fingerprint density at radius 3 is 2.45 bits per heavy atom. The molecule has 0 N–H and O–H groups in total. The highest BCUT2D eigenvalue weighted by Crippen LogP contribution is 2.55. The van der Waals surface area contributed by atoms with Gasteiger partial charge in [0.15, 0.2) is 0 Å². The smallest absolute Gasteiger partial charge is 0.0201 e. The van der Waals surface area contributed by atoms with Crippen LogP contribution < -0.4 is 0 Å². The molecule has 3 aliphatic rings. The molecule has 0 saturated heterocycles. The van der Waals surface area contributed by atoms with Gasteiger partial charge in [-0.15, -0.1) is 0 Å². The summed E-state index contributed by atoms with van der Waals surface area (Å²) in [6.07, 6.45) is 11.4. The van der Waals surface area contributed by atoms with Crippen LogP contribution in [-0.4, -0.2) is 0 Å². The summed E-state index contributed by atoms with van der Waals surface area (Å²) in [6.45, 7) is 15.9. The van der Waals surface area contributed by atoms with Crippen LogP contribution in [0.25, 0.3) is 6.08 Å². The van der Waals surface area contributed by atoms with Gasteiger partial charge in [-0.2, -0.15) is 0 Å². The monoisotopic (exact) mass is 430 g/mol. The minimum Gasteiger partial charge on any atom is -0.0955 e. The number of aryl methyl sites for hydroxylation is 1. The second-order valence-corrected chi connectivity index (χ2v) is 10.0. The Balaban J connectivity index is 1.54. The molecule has 5 rings (SSSR count). The second kappa shape index (κ2) is 8.67. The van der Waals surface area contributed by atoms with E-state index in [-0.39, 0.29) is 0 Å². The topological polar surface area (TPSA) is 0 Å². The molecule has 33 heavy (non-hydrogen) atoms. The van der Waals surface area contributed by atoms with Crippen LogP contribution in [0.15, 0.2) is 113 Å². The first kappa shape index (κ1) is 21.7. The van der Waals surface area contributed by atoms with E-state index in [0.29, 0.717) is 11.8 Å². The molecular weight excluding hydrogens is 396 g/mol. The van der Waals surface area contributed by atoms with Crippen molar-refractivity contribution in [3.63, 3.8) is 0 Å². The van der Waals surface area contributed by atoms with Crippen molar-refractivity contribution in [3.8, 4) is 0 Å². The van der Waals surface area contributed by atoms with Crippen LogP contribution in [0, 0.1) is 12.8 Å². The van der Waals surface area contributed by atoms with Crippen molar-refractivity contribution in [3.05, 3.63) is 135 Å². The van der Waals surface area contributed by atoms with E-state index >= 15 is 0 Å². The molecule has 0 heteroatoms. The lowest BCUT2D eigenvalue weighted by Crippen LogP contribution is -2.21. The number of rotatable bonds is 5. The van der Waals surface area contributed by atoms with Gasteiger partial charge in [0.25, 0.3) is 0 Å². The quantitative estimate of drug-likeness (QED) is 0.444. The van der Waals surface area contributed by atoms with Gasteiger partial charge in [0.2, 0.25) is 0 Å². The summed E-state index contributed by atoms with van der Waals surface area (Å²) in [5.41, 5.74) is 15.2. The average Bonchev–Trinajstić information content (AvgIpc) is 3.34. The summed E-state index contributed by atoms with van der Waals surface area (Å²) >= 11 is 0. The summed E-state index contributed by atoms with van der Waals surface area (Å²) in [5, 5.41) is 0. The molecule has 1 fully saturated rings. The maximum Gasteiger partial charge on any atom is 0.0201 e. The van der Waals surface area contributed by atoms with Crippen molar-refractivity contribution in [2.75, 3.05) is 0 Å². The molecule has 0 spiro atoms. The molecule has 2 atom stereocenters. The number of benzene rings is 2. The number of hydrogen-bond donors (Lipinski definition) is 0. The molecule has 0 radical (unpaired) electrons. The average molecular weight is 431 g/mol. The summed E-state index contributed by atoms with van der Waals surface area (Å²) in [6, 6.07) is 17.9. The van der Waals surface area contributed by atoms with Crippen LogP contribution in [-0.2, 0) is 6.42 Å². The highest BCUT2D eigenvalue weighted by molar-refractivity contribution is 5.68. The Labute approximate surface area is 199 Å². The molecule has 0 nitrogen and oxygen atoms in total. The molecular formula is C33H34. The lowest BCUT2D eigenvalue weighted by atomic mass is 9.69. The fourth-order valence-electron chi connectivity index (χ4n) is 6.03. The van der Waals surface area contributed by atoms with Gasteiger partial charge in [0.1, 0.15) is 0 Å². The van der Waals surface area contributed by atoms with Gasteiger partial charge >= 0.3 is 0 Å². The Morgan fingerprint density at radius 2 is 1.73 bits per heavy atom. The van der Waals surface area contributed by atoms with E-state index in [1.165, 1.54) is 61.3 Å². The normalized spacial score (nSPS) is 22.9. The van der Waals surface area contributed by atoms with Gasteiger partial charge in [0, 0.05) is 11.8 Å². The molecule has 0 bridgehead atoms. The summed E-state index contributed by atoms with van der Waals surface area (Å²) in [4.78, 5) is 0. The van der Waals surface area contributed by atoms with Crippen molar-refractivity contribution < 1.29 is 0 Å². The zero-order valence-electron chi connectivity index (χ0n) is 20.2. The zero-order valence-corrected chi connectivity index (χ0v) is 20.2. The fourth-order valence-corrected chi connectivity index (χ4v) is 6.03. The van der Waals surface area contributed by atoms with Crippen LogP contribution in [0.2, 0.25) is 0 Å². The largest absolute Gasteiger partial charge is 0.0955 e. The SMILES string of the molecule is C=C(CCC)C1=C(C)C=C2C/C(=C/C3=Cc4ccccc4C3)C(=C)C2C1c1ccc(C)cc1. The van der Waals surface area contributed by atoms with Crippen molar-refractivity contribution >= 4 is 6.08 Å². The van der Waals surface area contributed by atoms with Crippen LogP contribution in [0.5, 0.6) is 0 Å². The van der Waals surface area contributed by atoms with Crippen LogP contribution >= 0.6 is 0 Å². The molecule has 0 aliphatic heterocycles. The van der Waals surface area contributed by atoms with Crippen molar-refractivity contribution in [2.24, 2.45) is 5.92 Å². The number of fused-ring (bicyclic) bond motifs is 2. The minimum absolute atomic E-state index is 0.304. The van der Waals surface area contributed by atoms with E-state index in [0.717, 1.165) is 25.7 Å². The van der Waals surface area contributed by atoms with Gasteiger partial charge < -0.3 is 0 Å². The maximum absolute atomic E-state index is 4.68. The maximum atomic E-state index is 4.68. The lowest BCUT2D eigenvalue weighted by Gasteiger charge is -2.34. The van der Waals surface area contributed by atoms with E-state index in [1.807, 2.05) is 0 Å². The number of allylic oxidation sites excluding steroid dienone is 9. The Kier molecular flexibility index (Phi) is 5.71. The van der Waals surface area contributed by atoms with E-state index < -0.39 is 0 Å². The highest BCUT2D eigenvalue weighted by atomic mass is 14.4. The second-order valence-electron chi connectivity index (χ2n) is 10.0. The molecule has 0 heterocycles. The Morgan fingerprint density at radius 1 is 0.970 bits per heavy atom. The predicted octanol–water partition coefficient (Wildman–Crippen LogP) is 8.83. The molecule has 2 aromatic carbocycles.